The highest BCUT2D eigenvalue weighted by Gasteiger charge is 2.32. The number of amides is 1. The summed E-state index contributed by atoms with van der Waals surface area (Å²) in [6.45, 7) is 6.33. The van der Waals surface area contributed by atoms with Gasteiger partial charge in [-0.25, -0.2) is 8.42 Å². The number of aryl methyl sites for hydroxylation is 1. The Bertz CT molecular complexity index is 678. The molecular weight excluding hydrogens is 310 g/mol. The van der Waals surface area contributed by atoms with E-state index in [1.807, 2.05) is 0 Å². The molecule has 0 spiro atoms. The Kier molecular flexibility index (Phi) is 4.36. The zero-order chi connectivity index (χ0) is 15.8. The quantitative estimate of drug-likeness (QED) is 0.863. The molecule has 1 aliphatic carbocycles. The fourth-order valence-electron chi connectivity index (χ4n) is 2.55. The van der Waals surface area contributed by atoms with Crippen LogP contribution < -0.4 is 5.32 Å². The first-order valence-electron chi connectivity index (χ1n) is 6.96. The second kappa shape index (κ2) is 5.61. The predicted molar refractivity (Wildman–Crippen MR) is 83.2 cm³/mol. The summed E-state index contributed by atoms with van der Waals surface area (Å²) in [6, 6.07) is 2.84. The largest absolute Gasteiger partial charge is 0.351 e. The van der Waals surface area contributed by atoms with Gasteiger partial charge in [0.05, 0.1) is 4.90 Å². The Labute approximate surface area is 130 Å². The van der Waals surface area contributed by atoms with Crippen LogP contribution in [0, 0.1) is 19.3 Å². The Hall–Kier alpha value is -1.07. The summed E-state index contributed by atoms with van der Waals surface area (Å²) in [5.41, 5.74) is 2.05. The van der Waals surface area contributed by atoms with Crippen molar-refractivity contribution in [1.29, 1.82) is 0 Å². The van der Waals surface area contributed by atoms with E-state index in [0.717, 1.165) is 24.0 Å². The summed E-state index contributed by atoms with van der Waals surface area (Å²) in [4.78, 5) is 12.3. The number of halogens is 1. The molecule has 0 aliphatic heterocycles. The molecule has 2 rings (SSSR count). The van der Waals surface area contributed by atoms with Gasteiger partial charge in [0.25, 0.3) is 15.0 Å². The average molecular weight is 330 g/mol. The monoisotopic (exact) mass is 329 g/mol. The SMILES string of the molecule is Cc1cc(S(=O)(=O)Cl)cc(C(=O)NCC2(C)CCC2)c1C. The topological polar surface area (TPSA) is 63.2 Å². The summed E-state index contributed by atoms with van der Waals surface area (Å²) in [6.07, 6.45) is 3.42. The van der Waals surface area contributed by atoms with Crippen LogP contribution in [0.15, 0.2) is 17.0 Å². The lowest BCUT2D eigenvalue weighted by Crippen LogP contribution is -2.40. The second-order valence-corrected chi connectivity index (χ2v) is 8.76. The van der Waals surface area contributed by atoms with E-state index in [1.54, 1.807) is 13.8 Å². The van der Waals surface area contributed by atoms with Gasteiger partial charge < -0.3 is 5.32 Å². The Balaban J connectivity index is 2.25. The highest BCUT2D eigenvalue weighted by molar-refractivity contribution is 8.13. The summed E-state index contributed by atoms with van der Waals surface area (Å²) >= 11 is 0. The molecule has 21 heavy (non-hydrogen) atoms. The van der Waals surface area contributed by atoms with E-state index in [0.29, 0.717) is 12.1 Å². The van der Waals surface area contributed by atoms with Crippen molar-refractivity contribution in [2.75, 3.05) is 6.54 Å². The van der Waals surface area contributed by atoms with Gasteiger partial charge in [0.15, 0.2) is 0 Å². The van der Waals surface area contributed by atoms with Crippen molar-refractivity contribution in [3.05, 3.63) is 28.8 Å². The van der Waals surface area contributed by atoms with Gasteiger partial charge in [-0.3, -0.25) is 4.79 Å². The molecule has 6 heteroatoms. The van der Waals surface area contributed by atoms with Crippen LogP contribution in [0.2, 0.25) is 0 Å². The summed E-state index contributed by atoms with van der Waals surface area (Å²) in [5, 5.41) is 2.91. The van der Waals surface area contributed by atoms with Gasteiger partial charge in [-0.05, 0) is 55.4 Å². The molecule has 0 atom stereocenters. The minimum absolute atomic E-state index is 0.0349. The summed E-state index contributed by atoms with van der Waals surface area (Å²) in [7, 11) is 1.54. The maximum Gasteiger partial charge on any atom is 0.261 e. The molecule has 0 saturated heterocycles. The van der Waals surface area contributed by atoms with Crippen LogP contribution in [0.3, 0.4) is 0 Å². The van der Waals surface area contributed by atoms with Crippen molar-refractivity contribution in [3.8, 4) is 0 Å². The molecule has 0 bridgehead atoms. The van der Waals surface area contributed by atoms with Crippen molar-refractivity contribution in [2.24, 2.45) is 5.41 Å². The van der Waals surface area contributed by atoms with Crippen molar-refractivity contribution in [2.45, 2.75) is 44.9 Å². The van der Waals surface area contributed by atoms with Gasteiger partial charge in [-0.15, -0.1) is 0 Å². The molecule has 0 heterocycles. The molecule has 1 fully saturated rings. The number of carbonyl (C=O) groups is 1. The van der Waals surface area contributed by atoms with Crippen LogP contribution in [-0.2, 0) is 9.05 Å². The lowest BCUT2D eigenvalue weighted by molar-refractivity contribution is 0.0890. The van der Waals surface area contributed by atoms with E-state index in [9.17, 15) is 13.2 Å². The first kappa shape index (κ1) is 16.3. The maximum atomic E-state index is 12.3. The van der Waals surface area contributed by atoms with Crippen LogP contribution in [-0.4, -0.2) is 20.9 Å². The number of nitrogens with one attached hydrogen (secondary N) is 1. The highest BCUT2D eigenvalue weighted by Crippen LogP contribution is 2.39. The van der Waals surface area contributed by atoms with Gasteiger partial charge in [0.1, 0.15) is 0 Å². The van der Waals surface area contributed by atoms with E-state index >= 15 is 0 Å². The zero-order valence-electron chi connectivity index (χ0n) is 12.5. The number of benzene rings is 1. The lowest BCUT2D eigenvalue weighted by Gasteiger charge is -2.38. The minimum atomic E-state index is -3.84. The number of rotatable bonds is 4. The maximum absolute atomic E-state index is 12.3. The molecule has 0 aromatic heterocycles. The van der Waals surface area contributed by atoms with Gasteiger partial charge in [-0.2, -0.15) is 0 Å². The summed E-state index contributed by atoms with van der Waals surface area (Å²) in [5.74, 6) is -0.245. The number of carbonyl (C=O) groups excluding carboxylic acids is 1. The fourth-order valence-corrected chi connectivity index (χ4v) is 3.39. The number of hydrogen-bond donors (Lipinski definition) is 1. The first-order valence-corrected chi connectivity index (χ1v) is 9.27. The third-order valence-corrected chi connectivity index (χ3v) is 5.74. The van der Waals surface area contributed by atoms with Crippen LogP contribution in [0.5, 0.6) is 0 Å². The highest BCUT2D eigenvalue weighted by atomic mass is 35.7. The van der Waals surface area contributed by atoms with Crippen LogP contribution in [0.25, 0.3) is 0 Å². The third-order valence-electron chi connectivity index (χ3n) is 4.40. The van der Waals surface area contributed by atoms with Crippen LogP contribution in [0.1, 0.15) is 47.7 Å². The number of hydrogen-bond acceptors (Lipinski definition) is 3. The molecule has 0 radical (unpaired) electrons. The Morgan fingerprint density at radius 1 is 1.33 bits per heavy atom. The van der Waals surface area contributed by atoms with Gasteiger partial charge in [0.2, 0.25) is 0 Å². The molecule has 4 nitrogen and oxygen atoms in total. The fraction of sp³-hybridized carbons (Fsp3) is 0.533. The lowest BCUT2D eigenvalue weighted by atomic mass is 9.70. The van der Waals surface area contributed by atoms with Crippen LogP contribution >= 0.6 is 10.7 Å². The standard InChI is InChI=1S/C15H20ClNO3S/c1-10-7-12(21(16,19)20)8-13(11(10)2)14(18)17-9-15(3)5-4-6-15/h7-8H,4-6,9H2,1-3H3,(H,17,18). The summed E-state index contributed by atoms with van der Waals surface area (Å²) < 4.78 is 23.0. The van der Waals surface area contributed by atoms with Crippen molar-refractivity contribution >= 4 is 25.6 Å². The van der Waals surface area contributed by atoms with Crippen molar-refractivity contribution in [3.63, 3.8) is 0 Å². The smallest absolute Gasteiger partial charge is 0.261 e. The van der Waals surface area contributed by atoms with E-state index in [-0.39, 0.29) is 16.2 Å². The van der Waals surface area contributed by atoms with E-state index < -0.39 is 9.05 Å². The molecule has 1 aromatic carbocycles. The average Bonchev–Trinajstić information content (AvgIpc) is 2.35. The van der Waals surface area contributed by atoms with Gasteiger partial charge in [0, 0.05) is 22.8 Å². The molecule has 1 saturated carbocycles. The third kappa shape index (κ3) is 3.58. The normalized spacial score (nSPS) is 17.1. The van der Waals surface area contributed by atoms with E-state index in [2.05, 4.69) is 12.2 Å². The van der Waals surface area contributed by atoms with Gasteiger partial charge in [-0.1, -0.05) is 13.3 Å². The zero-order valence-corrected chi connectivity index (χ0v) is 14.1. The molecule has 1 N–H and O–H groups in total. The second-order valence-electron chi connectivity index (χ2n) is 6.20. The molecule has 1 amide bonds. The molecule has 0 unspecified atom stereocenters. The van der Waals surface area contributed by atoms with E-state index in [1.165, 1.54) is 18.6 Å². The molecule has 116 valence electrons. The predicted octanol–water partition coefficient (Wildman–Crippen LogP) is 3.15. The van der Waals surface area contributed by atoms with Crippen LogP contribution in [0.4, 0.5) is 0 Å². The van der Waals surface area contributed by atoms with Crippen molar-refractivity contribution in [1.82, 2.24) is 5.32 Å². The van der Waals surface area contributed by atoms with E-state index in [4.69, 9.17) is 10.7 Å². The van der Waals surface area contributed by atoms with Gasteiger partial charge >= 0.3 is 0 Å². The molecule has 1 aromatic rings. The Morgan fingerprint density at radius 3 is 2.43 bits per heavy atom. The molecular formula is C15H20ClNO3S. The minimum Gasteiger partial charge on any atom is -0.351 e. The Morgan fingerprint density at radius 2 is 1.95 bits per heavy atom. The van der Waals surface area contributed by atoms with Crippen molar-refractivity contribution < 1.29 is 13.2 Å². The first-order chi connectivity index (χ1) is 9.62. The molecule has 1 aliphatic rings.